The maximum absolute atomic E-state index is 12.9. The molecule has 0 saturated heterocycles. The number of carbonyl (C=O) groups is 3. The second-order valence-electron chi connectivity index (χ2n) is 19.2. The molecule has 0 aromatic carbocycles. The van der Waals surface area contributed by atoms with Gasteiger partial charge in [-0.05, 0) is 122 Å². The molecule has 0 aromatic heterocycles. The highest BCUT2D eigenvalue weighted by atomic mass is 16.6. The van der Waals surface area contributed by atoms with Crippen molar-refractivity contribution in [1.82, 2.24) is 0 Å². The molecule has 6 heteroatoms. The van der Waals surface area contributed by atoms with E-state index in [1.165, 1.54) is 116 Å². The first-order valence-corrected chi connectivity index (χ1v) is 29.2. The predicted octanol–water partition coefficient (Wildman–Crippen LogP) is 19.7. The first kappa shape index (κ1) is 66.3. The Morgan fingerprint density at radius 2 is 0.529 bits per heavy atom. The molecular weight excluding hydrogens is 865 g/mol. The predicted molar refractivity (Wildman–Crippen MR) is 302 cm³/mol. The third kappa shape index (κ3) is 55.3. The lowest BCUT2D eigenvalue weighted by atomic mass is 10.1. The van der Waals surface area contributed by atoms with Gasteiger partial charge >= 0.3 is 17.9 Å². The van der Waals surface area contributed by atoms with Crippen LogP contribution in [0.25, 0.3) is 0 Å². The second kappa shape index (κ2) is 57.9. The average molecular weight is 974 g/mol. The molecule has 0 aliphatic rings. The van der Waals surface area contributed by atoms with Gasteiger partial charge in [0.1, 0.15) is 13.2 Å². The third-order valence-corrected chi connectivity index (χ3v) is 12.3. The maximum atomic E-state index is 12.9. The number of allylic oxidation sites excluding steroid dienone is 16. The fraction of sp³-hybridized carbons (Fsp3) is 0.703. The summed E-state index contributed by atoms with van der Waals surface area (Å²) in [5, 5.41) is 0. The van der Waals surface area contributed by atoms with E-state index in [0.717, 1.165) is 116 Å². The van der Waals surface area contributed by atoms with Crippen molar-refractivity contribution < 1.29 is 28.6 Å². The fourth-order valence-electron chi connectivity index (χ4n) is 7.82. The summed E-state index contributed by atoms with van der Waals surface area (Å²) in [7, 11) is 0. The molecule has 0 unspecified atom stereocenters. The number of carbonyl (C=O) groups excluding carboxylic acids is 3. The molecule has 400 valence electrons. The lowest BCUT2D eigenvalue weighted by Gasteiger charge is -2.18. The van der Waals surface area contributed by atoms with Crippen LogP contribution in [0.1, 0.15) is 271 Å². The van der Waals surface area contributed by atoms with Gasteiger partial charge in [-0.1, -0.05) is 227 Å². The summed E-state index contributed by atoms with van der Waals surface area (Å²) in [5.74, 6) is -0.942. The standard InChI is InChI=1S/C64H108O6/c1-4-7-10-13-16-19-22-25-28-30-32-34-36-39-42-45-48-51-54-57-63(66)69-60-61(59-68-62(65)56-53-50-47-44-41-38-27-24-21-18-15-12-9-6-3)70-64(67)58-55-52-49-46-43-40-37-35-33-31-29-26-23-20-17-14-11-8-5-2/h15-20,24-29,32,34,39,42,61H,4-14,21-23,30-31,33,35-38,40-41,43-60H2,1-3H3/b18-15-,19-16-,20-17-,27-24-,28-25-,29-26-,34-32-,42-39-/t61-/m1/s1. The summed E-state index contributed by atoms with van der Waals surface area (Å²) in [6.07, 6.45) is 76.7. The van der Waals surface area contributed by atoms with Gasteiger partial charge in [-0.3, -0.25) is 14.4 Å². The zero-order chi connectivity index (χ0) is 50.7. The van der Waals surface area contributed by atoms with Crippen LogP contribution in [0, 0.1) is 0 Å². The zero-order valence-corrected chi connectivity index (χ0v) is 45.8. The molecule has 0 heterocycles. The van der Waals surface area contributed by atoms with Crippen LogP contribution in [-0.2, 0) is 28.6 Å². The van der Waals surface area contributed by atoms with E-state index >= 15 is 0 Å². The van der Waals surface area contributed by atoms with Crippen LogP contribution < -0.4 is 0 Å². The Balaban J connectivity index is 4.46. The number of ether oxygens (including phenoxy) is 3. The van der Waals surface area contributed by atoms with Crippen LogP contribution in [0.4, 0.5) is 0 Å². The summed E-state index contributed by atoms with van der Waals surface area (Å²) in [6, 6.07) is 0. The van der Waals surface area contributed by atoms with E-state index in [9.17, 15) is 14.4 Å². The first-order chi connectivity index (χ1) is 34.5. The van der Waals surface area contributed by atoms with Gasteiger partial charge in [0.15, 0.2) is 6.10 Å². The van der Waals surface area contributed by atoms with Crippen molar-refractivity contribution in [3.05, 3.63) is 97.2 Å². The summed E-state index contributed by atoms with van der Waals surface area (Å²) < 4.78 is 16.8. The van der Waals surface area contributed by atoms with E-state index in [-0.39, 0.29) is 31.1 Å². The third-order valence-electron chi connectivity index (χ3n) is 12.3. The van der Waals surface area contributed by atoms with Crippen molar-refractivity contribution in [2.45, 2.75) is 277 Å². The van der Waals surface area contributed by atoms with Gasteiger partial charge in [-0.25, -0.2) is 0 Å². The summed E-state index contributed by atoms with van der Waals surface area (Å²) in [5.41, 5.74) is 0. The second-order valence-corrected chi connectivity index (χ2v) is 19.2. The Morgan fingerprint density at radius 1 is 0.286 bits per heavy atom. The van der Waals surface area contributed by atoms with Crippen LogP contribution in [0.2, 0.25) is 0 Å². The number of hydrogen-bond acceptors (Lipinski definition) is 6. The van der Waals surface area contributed by atoms with Crippen molar-refractivity contribution in [1.29, 1.82) is 0 Å². The summed E-state index contributed by atoms with van der Waals surface area (Å²) in [4.78, 5) is 38.2. The van der Waals surface area contributed by atoms with Gasteiger partial charge in [0.2, 0.25) is 0 Å². The van der Waals surface area contributed by atoms with E-state index in [1.54, 1.807) is 0 Å². The quantitative estimate of drug-likeness (QED) is 0.0262. The smallest absolute Gasteiger partial charge is 0.306 e. The first-order valence-electron chi connectivity index (χ1n) is 29.2. The topological polar surface area (TPSA) is 78.9 Å². The van der Waals surface area contributed by atoms with Crippen LogP contribution in [0.15, 0.2) is 97.2 Å². The monoisotopic (exact) mass is 973 g/mol. The Hall–Kier alpha value is -3.67. The van der Waals surface area contributed by atoms with Gasteiger partial charge in [-0.15, -0.1) is 0 Å². The SMILES string of the molecule is CCCC/C=C\C/C=C\CCCCCCCC(=O)OC[C@H](COC(=O)CCCCC/C=C\C/C=C\C/C=C\C/C=C\CCCCC)OC(=O)CCCCCCCCCCC/C=C\C/C=C\CCCCC. The molecule has 70 heavy (non-hydrogen) atoms. The minimum atomic E-state index is -0.801. The Morgan fingerprint density at radius 3 is 0.857 bits per heavy atom. The summed E-state index contributed by atoms with van der Waals surface area (Å²) >= 11 is 0. The van der Waals surface area contributed by atoms with Gasteiger partial charge in [0, 0.05) is 19.3 Å². The fourth-order valence-corrected chi connectivity index (χ4v) is 7.82. The van der Waals surface area contributed by atoms with Crippen molar-refractivity contribution in [3.8, 4) is 0 Å². The van der Waals surface area contributed by atoms with E-state index in [0.29, 0.717) is 19.3 Å². The Labute approximate surface area is 432 Å². The molecule has 0 bridgehead atoms. The molecule has 0 aliphatic carbocycles. The zero-order valence-electron chi connectivity index (χ0n) is 45.8. The Kier molecular flexibility index (Phi) is 54.9. The highest BCUT2D eigenvalue weighted by Crippen LogP contribution is 2.14. The molecule has 0 aromatic rings. The molecule has 6 nitrogen and oxygen atoms in total. The lowest BCUT2D eigenvalue weighted by molar-refractivity contribution is -0.167. The molecule has 0 N–H and O–H groups in total. The van der Waals surface area contributed by atoms with Gasteiger partial charge in [-0.2, -0.15) is 0 Å². The maximum Gasteiger partial charge on any atom is 0.306 e. The minimum absolute atomic E-state index is 0.0973. The van der Waals surface area contributed by atoms with E-state index in [1.807, 2.05) is 0 Å². The minimum Gasteiger partial charge on any atom is -0.462 e. The van der Waals surface area contributed by atoms with Gasteiger partial charge in [0.25, 0.3) is 0 Å². The van der Waals surface area contributed by atoms with Crippen LogP contribution >= 0.6 is 0 Å². The number of unbranched alkanes of at least 4 members (excludes halogenated alkanes) is 25. The molecule has 0 aliphatic heterocycles. The van der Waals surface area contributed by atoms with Crippen LogP contribution in [0.3, 0.4) is 0 Å². The molecule has 0 radical (unpaired) electrons. The molecule has 0 spiro atoms. The van der Waals surface area contributed by atoms with Gasteiger partial charge in [0.05, 0.1) is 0 Å². The van der Waals surface area contributed by atoms with Crippen LogP contribution in [-0.4, -0.2) is 37.2 Å². The largest absolute Gasteiger partial charge is 0.462 e. The van der Waals surface area contributed by atoms with Crippen molar-refractivity contribution in [2.24, 2.45) is 0 Å². The normalized spacial score (nSPS) is 12.8. The number of esters is 3. The molecule has 0 rings (SSSR count). The average Bonchev–Trinajstić information content (AvgIpc) is 3.36. The van der Waals surface area contributed by atoms with Crippen LogP contribution in [0.5, 0.6) is 0 Å². The van der Waals surface area contributed by atoms with E-state index in [2.05, 4.69) is 118 Å². The van der Waals surface area contributed by atoms with Gasteiger partial charge < -0.3 is 14.2 Å². The number of rotatable bonds is 52. The van der Waals surface area contributed by atoms with E-state index in [4.69, 9.17) is 14.2 Å². The Bertz CT molecular complexity index is 1400. The molecular formula is C64H108O6. The van der Waals surface area contributed by atoms with Crippen molar-refractivity contribution in [2.75, 3.05) is 13.2 Å². The number of hydrogen-bond donors (Lipinski definition) is 0. The van der Waals surface area contributed by atoms with Crippen molar-refractivity contribution in [3.63, 3.8) is 0 Å². The van der Waals surface area contributed by atoms with E-state index < -0.39 is 6.10 Å². The lowest BCUT2D eigenvalue weighted by Crippen LogP contribution is -2.30. The molecule has 0 amide bonds. The highest BCUT2D eigenvalue weighted by molar-refractivity contribution is 5.71. The molecule has 0 saturated carbocycles. The molecule has 1 atom stereocenters. The van der Waals surface area contributed by atoms with Crippen molar-refractivity contribution >= 4 is 17.9 Å². The highest BCUT2D eigenvalue weighted by Gasteiger charge is 2.19. The summed E-state index contributed by atoms with van der Waals surface area (Å²) in [6.45, 7) is 6.51. The molecule has 0 fully saturated rings.